The lowest BCUT2D eigenvalue weighted by atomic mass is 10.1. The summed E-state index contributed by atoms with van der Waals surface area (Å²) >= 11 is 1.42. The molecule has 88 valence electrons. The summed E-state index contributed by atoms with van der Waals surface area (Å²) in [5.74, 6) is -0.0458. The first-order chi connectivity index (χ1) is 8.77. The summed E-state index contributed by atoms with van der Waals surface area (Å²) in [6, 6.07) is 15.0. The maximum absolute atomic E-state index is 12.4. The Hall–Kier alpha value is -2.20. The smallest absolute Gasteiger partial charge is 0.293 e. The van der Waals surface area contributed by atoms with Crippen LogP contribution in [0.1, 0.15) is 16.1 Å². The third-order valence-electron chi connectivity index (χ3n) is 2.76. The Morgan fingerprint density at radius 3 is 2.56 bits per heavy atom. The van der Waals surface area contributed by atoms with E-state index in [1.165, 1.54) is 11.3 Å². The molecule has 1 aromatic carbocycles. The van der Waals surface area contributed by atoms with Gasteiger partial charge in [-0.2, -0.15) is 0 Å². The van der Waals surface area contributed by atoms with E-state index in [0.29, 0.717) is 16.3 Å². The van der Waals surface area contributed by atoms with Gasteiger partial charge in [0.05, 0.1) is 0 Å². The van der Waals surface area contributed by atoms with E-state index in [2.05, 4.69) is 0 Å². The van der Waals surface area contributed by atoms with E-state index >= 15 is 0 Å². The maximum atomic E-state index is 12.4. The van der Waals surface area contributed by atoms with Crippen molar-refractivity contribution in [3.63, 3.8) is 0 Å². The average molecular weight is 255 g/mol. The molecule has 0 bridgehead atoms. The minimum Gasteiger partial charge on any atom is -0.385 e. The van der Waals surface area contributed by atoms with Crippen LogP contribution in [-0.4, -0.2) is 5.78 Å². The number of aromatic nitrogens is 1. The van der Waals surface area contributed by atoms with Gasteiger partial charge in [0, 0.05) is 17.7 Å². The number of fused-ring (bicyclic) bond motifs is 1. The Morgan fingerprint density at radius 1 is 1.06 bits per heavy atom. The van der Waals surface area contributed by atoms with Crippen molar-refractivity contribution in [2.24, 2.45) is 0 Å². The highest BCUT2D eigenvalue weighted by Gasteiger charge is 2.26. The van der Waals surface area contributed by atoms with Crippen LogP contribution in [0.25, 0.3) is 4.83 Å². The molecular formula is C14H11N2OS+. The highest BCUT2D eigenvalue weighted by atomic mass is 32.1. The summed E-state index contributed by atoms with van der Waals surface area (Å²) in [6.45, 7) is 0. The molecule has 0 radical (unpaired) electrons. The van der Waals surface area contributed by atoms with E-state index < -0.39 is 0 Å². The highest BCUT2D eigenvalue weighted by molar-refractivity contribution is 7.20. The lowest BCUT2D eigenvalue weighted by Crippen LogP contribution is -2.27. The van der Waals surface area contributed by atoms with Crippen molar-refractivity contribution >= 4 is 27.0 Å². The number of nitrogen functional groups attached to an aromatic ring is 1. The molecule has 0 aliphatic rings. The van der Waals surface area contributed by atoms with E-state index in [9.17, 15) is 4.79 Å². The summed E-state index contributed by atoms with van der Waals surface area (Å²) in [4.78, 5) is 13.4. The number of hydrogen-bond acceptors (Lipinski definition) is 3. The number of rotatable bonds is 2. The van der Waals surface area contributed by atoms with Gasteiger partial charge in [0.25, 0.3) is 16.3 Å². The molecule has 4 heteroatoms. The zero-order chi connectivity index (χ0) is 12.5. The molecule has 2 N–H and O–H groups in total. The third-order valence-corrected chi connectivity index (χ3v) is 3.72. The largest absolute Gasteiger partial charge is 0.385 e. The van der Waals surface area contributed by atoms with Crippen LogP contribution < -0.4 is 10.1 Å². The van der Waals surface area contributed by atoms with Crippen LogP contribution in [-0.2, 0) is 0 Å². The summed E-state index contributed by atoms with van der Waals surface area (Å²) in [5.41, 5.74) is 7.16. The van der Waals surface area contributed by atoms with Crippen molar-refractivity contribution in [1.82, 2.24) is 0 Å². The lowest BCUT2D eigenvalue weighted by molar-refractivity contribution is -0.509. The van der Waals surface area contributed by atoms with Gasteiger partial charge in [-0.1, -0.05) is 30.3 Å². The SMILES string of the molecule is Nc1sc2cccc[n+]2c1C(=O)c1ccccc1. The molecule has 0 saturated carbocycles. The molecule has 0 spiro atoms. The zero-order valence-electron chi connectivity index (χ0n) is 9.54. The van der Waals surface area contributed by atoms with E-state index in [1.807, 2.05) is 47.0 Å². The average Bonchev–Trinajstić information content (AvgIpc) is 2.75. The van der Waals surface area contributed by atoms with Crippen molar-refractivity contribution in [3.05, 3.63) is 66.0 Å². The Kier molecular flexibility index (Phi) is 2.57. The molecule has 0 aliphatic heterocycles. The molecule has 0 atom stereocenters. The third kappa shape index (κ3) is 1.67. The zero-order valence-corrected chi connectivity index (χ0v) is 10.4. The van der Waals surface area contributed by atoms with Gasteiger partial charge in [-0.3, -0.25) is 4.79 Å². The van der Waals surface area contributed by atoms with Gasteiger partial charge in [0.1, 0.15) is 0 Å². The number of nitrogens with zero attached hydrogens (tertiary/aromatic N) is 1. The minimum atomic E-state index is -0.0458. The van der Waals surface area contributed by atoms with Gasteiger partial charge >= 0.3 is 0 Å². The van der Waals surface area contributed by atoms with Gasteiger partial charge in [-0.15, -0.1) is 4.40 Å². The predicted molar refractivity (Wildman–Crippen MR) is 71.8 cm³/mol. The number of pyridine rings is 1. The first-order valence-electron chi connectivity index (χ1n) is 5.56. The van der Waals surface area contributed by atoms with Crippen molar-refractivity contribution in [2.75, 3.05) is 5.73 Å². The number of thiazole rings is 1. The fraction of sp³-hybridized carbons (Fsp3) is 0. The molecule has 3 nitrogen and oxygen atoms in total. The number of carbonyl (C=O) groups is 1. The monoisotopic (exact) mass is 255 g/mol. The van der Waals surface area contributed by atoms with Gasteiger partial charge in [-0.05, 0) is 17.4 Å². The Morgan fingerprint density at radius 2 is 1.78 bits per heavy atom. The van der Waals surface area contributed by atoms with E-state index in [0.717, 1.165) is 4.83 Å². The molecule has 18 heavy (non-hydrogen) atoms. The maximum Gasteiger partial charge on any atom is 0.293 e. The highest BCUT2D eigenvalue weighted by Crippen LogP contribution is 2.22. The second-order valence-corrected chi connectivity index (χ2v) is 4.98. The minimum absolute atomic E-state index is 0.0458. The number of ketones is 1. The van der Waals surface area contributed by atoms with Crippen molar-refractivity contribution in [3.8, 4) is 0 Å². The number of nitrogens with two attached hydrogens (primary N) is 1. The number of benzene rings is 1. The fourth-order valence-electron chi connectivity index (χ4n) is 1.92. The van der Waals surface area contributed by atoms with E-state index in [1.54, 1.807) is 12.1 Å². The molecule has 0 amide bonds. The summed E-state index contributed by atoms with van der Waals surface area (Å²) < 4.78 is 1.84. The molecule has 0 aliphatic carbocycles. The van der Waals surface area contributed by atoms with Gasteiger partial charge in [0.2, 0.25) is 0 Å². The predicted octanol–water partition coefficient (Wildman–Crippen LogP) is 2.30. The molecular weight excluding hydrogens is 244 g/mol. The fourth-order valence-corrected chi connectivity index (χ4v) is 2.83. The van der Waals surface area contributed by atoms with Gasteiger partial charge in [-0.25, -0.2) is 0 Å². The second kappa shape index (κ2) is 4.23. The molecule has 0 fully saturated rings. The van der Waals surface area contributed by atoms with Crippen LogP contribution in [0.3, 0.4) is 0 Å². The number of hydrogen-bond donors (Lipinski definition) is 1. The van der Waals surface area contributed by atoms with Gasteiger partial charge in [0.15, 0.2) is 11.2 Å². The van der Waals surface area contributed by atoms with Crippen molar-refractivity contribution in [1.29, 1.82) is 0 Å². The first kappa shape index (κ1) is 10.9. The Balaban J connectivity index is 2.21. The summed E-state index contributed by atoms with van der Waals surface area (Å²) in [5, 5.41) is 0.551. The molecule has 3 rings (SSSR count). The van der Waals surface area contributed by atoms with Crippen LogP contribution in [0.2, 0.25) is 0 Å². The first-order valence-corrected chi connectivity index (χ1v) is 6.37. The molecule has 3 aromatic rings. The van der Waals surface area contributed by atoms with Gasteiger partial charge < -0.3 is 5.73 Å². The topological polar surface area (TPSA) is 47.2 Å². The van der Waals surface area contributed by atoms with Crippen molar-refractivity contribution < 1.29 is 9.20 Å². The molecule has 0 saturated heterocycles. The molecule has 2 aromatic heterocycles. The lowest BCUT2D eigenvalue weighted by Gasteiger charge is -1.95. The summed E-state index contributed by atoms with van der Waals surface area (Å²) in [7, 11) is 0. The standard InChI is InChI=1S/C14H10N2OS/c15-14-12(13(17)10-6-2-1-3-7-10)16-9-5-4-8-11(16)18-14/h1-9H,(H-,15,17)/p+1. The van der Waals surface area contributed by atoms with Crippen LogP contribution in [0, 0.1) is 0 Å². The van der Waals surface area contributed by atoms with Crippen LogP contribution >= 0.6 is 11.3 Å². The number of carbonyl (C=O) groups excluding carboxylic acids is 1. The second-order valence-electron chi connectivity index (χ2n) is 3.92. The van der Waals surface area contributed by atoms with E-state index in [-0.39, 0.29) is 5.78 Å². The quantitative estimate of drug-likeness (QED) is 0.564. The normalized spacial score (nSPS) is 10.7. The van der Waals surface area contributed by atoms with Crippen LogP contribution in [0.4, 0.5) is 5.00 Å². The summed E-state index contributed by atoms with van der Waals surface area (Å²) in [6.07, 6.45) is 1.86. The van der Waals surface area contributed by atoms with Crippen LogP contribution in [0.15, 0.2) is 54.7 Å². The van der Waals surface area contributed by atoms with E-state index in [4.69, 9.17) is 5.73 Å². The molecule has 2 heterocycles. The Labute approximate surface area is 108 Å². The Bertz CT molecular complexity index is 719. The molecule has 0 unspecified atom stereocenters. The van der Waals surface area contributed by atoms with Crippen LogP contribution in [0.5, 0.6) is 0 Å². The number of anilines is 1. The van der Waals surface area contributed by atoms with Crippen molar-refractivity contribution in [2.45, 2.75) is 0 Å².